The summed E-state index contributed by atoms with van der Waals surface area (Å²) in [5.41, 5.74) is 2.71. The zero-order valence-electron chi connectivity index (χ0n) is 9.16. The first kappa shape index (κ1) is 9.77. The number of aryl methyl sites for hydroxylation is 1. The Bertz CT molecular complexity index is 555. The van der Waals surface area contributed by atoms with Crippen molar-refractivity contribution in [1.82, 2.24) is 4.98 Å². The Kier molecular flexibility index (Phi) is 2.23. The Morgan fingerprint density at radius 2 is 1.93 bits per heavy atom. The molecule has 78 valence electrons. The van der Waals surface area contributed by atoms with Crippen LogP contribution in [-0.2, 0) is 0 Å². The third-order valence-corrected chi connectivity index (χ3v) is 2.53. The van der Waals surface area contributed by atoms with Gasteiger partial charge in [-0.15, -0.1) is 0 Å². The first-order valence-corrected chi connectivity index (χ1v) is 4.89. The van der Waals surface area contributed by atoms with Gasteiger partial charge in [-0.2, -0.15) is 0 Å². The van der Waals surface area contributed by atoms with Gasteiger partial charge in [-0.3, -0.25) is 4.79 Å². The van der Waals surface area contributed by atoms with Crippen molar-refractivity contribution in [3.05, 3.63) is 40.2 Å². The molecule has 0 saturated carbocycles. The third-order valence-electron chi connectivity index (χ3n) is 2.53. The Hall–Kier alpha value is -1.77. The molecule has 0 amide bonds. The molecule has 0 bridgehead atoms. The summed E-state index contributed by atoms with van der Waals surface area (Å²) in [6, 6.07) is 7.96. The van der Waals surface area contributed by atoms with Crippen molar-refractivity contribution in [3.8, 4) is 0 Å². The van der Waals surface area contributed by atoms with Crippen LogP contribution in [0, 0.1) is 6.92 Å². The van der Waals surface area contributed by atoms with Gasteiger partial charge >= 0.3 is 0 Å². The molecule has 0 atom stereocenters. The molecule has 0 aliphatic carbocycles. The summed E-state index contributed by atoms with van der Waals surface area (Å²) in [6.07, 6.45) is 0. The van der Waals surface area contributed by atoms with Gasteiger partial charge in [-0.05, 0) is 30.5 Å². The van der Waals surface area contributed by atoms with Crippen LogP contribution in [0.1, 0.15) is 5.56 Å². The van der Waals surface area contributed by atoms with E-state index in [9.17, 15) is 4.79 Å². The third kappa shape index (κ3) is 1.73. The molecule has 1 aromatic carbocycles. The molecule has 2 aromatic rings. The largest absolute Gasteiger partial charge is 0.378 e. The van der Waals surface area contributed by atoms with Crippen molar-refractivity contribution in [3.63, 3.8) is 0 Å². The van der Waals surface area contributed by atoms with E-state index in [1.54, 1.807) is 0 Å². The number of fused-ring (bicyclic) bond motifs is 1. The van der Waals surface area contributed by atoms with E-state index >= 15 is 0 Å². The van der Waals surface area contributed by atoms with Crippen LogP contribution in [0.5, 0.6) is 0 Å². The number of hydrogen-bond donors (Lipinski definition) is 1. The number of rotatable bonds is 1. The summed E-state index contributed by atoms with van der Waals surface area (Å²) >= 11 is 0. The number of benzene rings is 1. The Morgan fingerprint density at radius 1 is 1.20 bits per heavy atom. The average molecular weight is 202 g/mol. The minimum absolute atomic E-state index is 0.0154. The second-order valence-electron chi connectivity index (χ2n) is 3.95. The fraction of sp³-hybridized carbons (Fsp3) is 0.250. The zero-order chi connectivity index (χ0) is 11.0. The maximum atomic E-state index is 11.4. The van der Waals surface area contributed by atoms with Crippen molar-refractivity contribution in [2.45, 2.75) is 6.92 Å². The SMILES string of the molecule is Cc1cc2ccc(N(C)C)cc2[nH]c1=O. The molecule has 0 aliphatic heterocycles. The highest BCUT2D eigenvalue weighted by Gasteiger charge is 2.00. The molecule has 1 N–H and O–H groups in total. The van der Waals surface area contributed by atoms with Gasteiger partial charge in [0.2, 0.25) is 0 Å². The molecule has 15 heavy (non-hydrogen) atoms. The van der Waals surface area contributed by atoms with Crippen LogP contribution in [0.25, 0.3) is 10.9 Å². The molecule has 0 fully saturated rings. The van der Waals surface area contributed by atoms with E-state index in [2.05, 4.69) is 4.98 Å². The standard InChI is InChI=1S/C12H14N2O/c1-8-6-9-4-5-10(14(2)3)7-11(9)13-12(8)15/h4-7H,1-3H3,(H,13,15). The lowest BCUT2D eigenvalue weighted by molar-refractivity contribution is 1.13. The monoisotopic (exact) mass is 202 g/mol. The number of H-pyrrole nitrogens is 1. The van der Waals surface area contributed by atoms with Gasteiger partial charge in [0.15, 0.2) is 0 Å². The average Bonchev–Trinajstić information content (AvgIpc) is 2.19. The maximum Gasteiger partial charge on any atom is 0.251 e. The van der Waals surface area contributed by atoms with E-state index < -0.39 is 0 Å². The molecule has 3 nitrogen and oxygen atoms in total. The van der Waals surface area contributed by atoms with Gasteiger partial charge in [0.25, 0.3) is 5.56 Å². The number of pyridine rings is 1. The van der Waals surface area contributed by atoms with Gasteiger partial charge in [0.05, 0.1) is 5.52 Å². The Labute approximate surface area is 88.3 Å². The molecular weight excluding hydrogens is 188 g/mol. The van der Waals surface area contributed by atoms with Crippen molar-refractivity contribution < 1.29 is 0 Å². The molecule has 2 rings (SSSR count). The second-order valence-corrected chi connectivity index (χ2v) is 3.95. The van der Waals surface area contributed by atoms with Crippen LogP contribution < -0.4 is 10.5 Å². The molecule has 0 spiro atoms. The number of aromatic amines is 1. The molecular formula is C12H14N2O. The molecule has 0 unspecified atom stereocenters. The van der Waals surface area contributed by atoms with Crippen molar-refractivity contribution >= 4 is 16.6 Å². The number of hydrogen-bond acceptors (Lipinski definition) is 2. The lowest BCUT2D eigenvalue weighted by Gasteiger charge is -2.12. The molecule has 0 radical (unpaired) electrons. The summed E-state index contributed by atoms with van der Waals surface area (Å²) in [5.74, 6) is 0. The van der Waals surface area contributed by atoms with Gasteiger partial charge in [0.1, 0.15) is 0 Å². The highest BCUT2D eigenvalue weighted by molar-refractivity contribution is 5.82. The zero-order valence-corrected chi connectivity index (χ0v) is 9.16. The van der Waals surface area contributed by atoms with E-state index in [1.807, 2.05) is 50.2 Å². The highest BCUT2D eigenvalue weighted by Crippen LogP contribution is 2.18. The topological polar surface area (TPSA) is 36.1 Å². The van der Waals surface area contributed by atoms with Crippen molar-refractivity contribution in [2.75, 3.05) is 19.0 Å². The number of nitrogens with one attached hydrogen (secondary N) is 1. The maximum absolute atomic E-state index is 11.4. The van der Waals surface area contributed by atoms with Crippen LogP contribution in [0.15, 0.2) is 29.1 Å². The number of nitrogens with zero attached hydrogens (tertiary/aromatic N) is 1. The van der Waals surface area contributed by atoms with Crippen molar-refractivity contribution in [1.29, 1.82) is 0 Å². The number of aromatic nitrogens is 1. The minimum Gasteiger partial charge on any atom is -0.378 e. The predicted molar refractivity (Wildman–Crippen MR) is 63.6 cm³/mol. The first-order valence-electron chi connectivity index (χ1n) is 4.89. The van der Waals surface area contributed by atoms with E-state index in [0.29, 0.717) is 0 Å². The summed E-state index contributed by atoms with van der Waals surface area (Å²) in [5, 5.41) is 1.07. The predicted octanol–water partition coefficient (Wildman–Crippen LogP) is 1.90. The van der Waals surface area contributed by atoms with Crippen LogP contribution in [0.4, 0.5) is 5.69 Å². The van der Waals surface area contributed by atoms with Crippen LogP contribution >= 0.6 is 0 Å². The lowest BCUT2D eigenvalue weighted by Crippen LogP contribution is -2.11. The quantitative estimate of drug-likeness (QED) is 0.766. The molecule has 0 aliphatic rings. The molecule has 1 heterocycles. The smallest absolute Gasteiger partial charge is 0.251 e. The summed E-state index contributed by atoms with van der Waals surface area (Å²) < 4.78 is 0. The fourth-order valence-electron chi connectivity index (χ4n) is 1.58. The lowest BCUT2D eigenvalue weighted by atomic mass is 10.1. The van der Waals surface area contributed by atoms with E-state index in [0.717, 1.165) is 22.2 Å². The van der Waals surface area contributed by atoms with Gasteiger partial charge in [0, 0.05) is 25.3 Å². The van der Waals surface area contributed by atoms with Crippen molar-refractivity contribution in [2.24, 2.45) is 0 Å². The molecule has 1 aromatic heterocycles. The van der Waals surface area contributed by atoms with E-state index in [4.69, 9.17) is 0 Å². The second kappa shape index (κ2) is 3.42. The van der Waals surface area contributed by atoms with Crippen LogP contribution in [0.3, 0.4) is 0 Å². The normalized spacial score (nSPS) is 10.6. The first-order chi connectivity index (χ1) is 7.08. The summed E-state index contributed by atoms with van der Waals surface area (Å²) in [4.78, 5) is 16.3. The van der Waals surface area contributed by atoms with E-state index in [1.165, 1.54) is 0 Å². The minimum atomic E-state index is -0.0154. The summed E-state index contributed by atoms with van der Waals surface area (Å²) in [6.45, 7) is 1.82. The molecule has 0 saturated heterocycles. The fourth-order valence-corrected chi connectivity index (χ4v) is 1.58. The van der Waals surface area contributed by atoms with Gasteiger partial charge < -0.3 is 9.88 Å². The van der Waals surface area contributed by atoms with Gasteiger partial charge in [-0.1, -0.05) is 6.07 Å². The Morgan fingerprint density at radius 3 is 2.60 bits per heavy atom. The highest BCUT2D eigenvalue weighted by atomic mass is 16.1. The van der Waals surface area contributed by atoms with Crippen LogP contribution in [-0.4, -0.2) is 19.1 Å². The van der Waals surface area contributed by atoms with Gasteiger partial charge in [-0.25, -0.2) is 0 Å². The van der Waals surface area contributed by atoms with E-state index in [-0.39, 0.29) is 5.56 Å². The Balaban J connectivity index is 2.72. The summed E-state index contributed by atoms with van der Waals surface area (Å²) in [7, 11) is 3.96. The molecule has 3 heteroatoms. The van der Waals surface area contributed by atoms with Crippen LogP contribution in [0.2, 0.25) is 0 Å². The number of anilines is 1.